The van der Waals surface area contributed by atoms with Crippen LogP contribution in [0.2, 0.25) is 0 Å². The third-order valence-electron chi connectivity index (χ3n) is 2.21. The summed E-state index contributed by atoms with van der Waals surface area (Å²) in [7, 11) is 1.63. The van der Waals surface area contributed by atoms with E-state index >= 15 is 0 Å². The van der Waals surface area contributed by atoms with E-state index in [0.717, 1.165) is 18.2 Å². The van der Waals surface area contributed by atoms with Gasteiger partial charge in [0.1, 0.15) is 16.4 Å². The lowest BCUT2D eigenvalue weighted by atomic mass is 10.2. The number of hydrogen-bond acceptors (Lipinski definition) is 2. The smallest absolute Gasteiger partial charge is 0.137 e. The number of rotatable bonds is 3. The van der Waals surface area contributed by atoms with Crippen molar-refractivity contribution in [2.24, 2.45) is 0 Å². The molecule has 1 aromatic rings. The van der Waals surface area contributed by atoms with E-state index in [1.165, 1.54) is 4.31 Å². The van der Waals surface area contributed by atoms with Crippen molar-refractivity contribution in [3.63, 3.8) is 0 Å². The van der Waals surface area contributed by atoms with E-state index in [2.05, 4.69) is 0 Å². The maximum absolute atomic E-state index is 13.4. The molecule has 0 fully saturated rings. The van der Waals surface area contributed by atoms with Crippen LogP contribution in [-0.2, 0) is 17.9 Å². The second kappa shape index (κ2) is 5.33. The molecule has 0 amide bonds. The normalized spacial score (nSPS) is 14.1. The van der Waals surface area contributed by atoms with Crippen LogP contribution < -0.4 is 0 Å². The summed E-state index contributed by atoms with van der Waals surface area (Å²) in [5.41, 5.74) is 0.213. The van der Waals surface area contributed by atoms with Gasteiger partial charge in [-0.15, -0.1) is 4.31 Å². The Morgan fingerprint density at radius 3 is 2.41 bits per heavy atom. The quantitative estimate of drug-likeness (QED) is 0.782. The Balaban J connectivity index is 2.81. The summed E-state index contributed by atoms with van der Waals surface area (Å²) in [5.74, 6) is -0.972. The van der Waals surface area contributed by atoms with Crippen molar-refractivity contribution in [1.29, 1.82) is 0 Å². The van der Waals surface area contributed by atoms with E-state index in [1.807, 2.05) is 20.8 Å². The van der Waals surface area contributed by atoms with Gasteiger partial charge in [-0.1, -0.05) is 0 Å². The second-order valence-corrected chi connectivity index (χ2v) is 7.23. The zero-order valence-corrected chi connectivity index (χ0v) is 11.3. The zero-order valence-electron chi connectivity index (χ0n) is 10.5. The maximum atomic E-state index is 13.4. The van der Waals surface area contributed by atoms with Crippen molar-refractivity contribution in [1.82, 2.24) is 4.31 Å². The molecule has 0 N–H and O–H groups in total. The second-order valence-electron chi connectivity index (χ2n) is 4.88. The van der Waals surface area contributed by atoms with Gasteiger partial charge in [0.2, 0.25) is 0 Å². The first-order valence-corrected chi connectivity index (χ1v) is 6.39. The van der Waals surface area contributed by atoms with Crippen LogP contribution in [0.4, 0.5) is 8.78 Å². The molecular formula is C12H17F2NOS. The van der Waals surface area contributed by atoms with Crippen LogP contribution in [0.25, 0.3) is 0 Å². The van der Waals surface area contributed by atoms with Gasteiger partial charge >= 0.3 is 0 Å². The Morgan fingerprint density at radius 2 is 1.88 bits per heavy atom. The molecule has 0 saturated heterocycles. The molecule has 5 heteroatoms. The summed E-state index contributed by atoms with van der Waals surface area (Å²) >= 11 is -1.25. The highest BCUT2D eigenvalue weighted by molar-refractivity contribution is 7.90. The Hall–Kier alpha value is -0.650. The minimum absolute atomic E-state index is 0.119. The highest BCUT2D eigenvalue weighted by Crippen LogP contribution is 2.21. The van der Waals surface area contributed by atoms with Crippen molar-refractivity contribution in [2.45, 2.75) is 32.1 Å². The van der Waals surface area contributed by atoms with E-state index in [0.29, 0.717) is 0 Å². The summed E-state index contributed by atoms with van der Waals surface area (Å²) in [4.78, 5) is 0. The molecule has 0 aliphatic carbocycles. The van der Waals surface area contributed by atoms with Crippen LogP contribution >= 0.6 is 0 Å². The minimum Gasteiger partial charge on any atom is -0.597 e. The molecular weight excluding hydrogens is 244 g/mol. The summed E-state index contributed by atoms with van der Waals surface area (Å²) in [6, 6.07) is 3.28. The molecule has 0 bridgehead atoms. The number of hydrogen-bond donors (Lipinski definition) is 0. The largest absolute Gasteiger partial charge is 0.597 e. The highest BCUT2D eigenvalue weighted by Gasteiger charge is 2.31. The molecule has 1 aromatic carbocycles. The van der Waals surface area contributed by atoms with Gasteiger partial charge in [0, 0.05) is 24.0 Å². The highest BCUT2D eigenvalue weighted by atomic mass is 32.2. The molecule has 1 unspecified atom stereocenters. The van der Waals surface area contributed by atoms with E-state index in [9.17, 15) is 13.3 Å². The van der Waals surface area contributed by atoms with E-state index in [1.54, 1.807) is 7.05 Å². The first-order chi connectivity index (χ1) is 7.71. The molecule has 2 nitrogen and oxygen atoms in total. The summed E-state index contributed by atoms with van der Waals surface area (Å²) in [5, 5.41) is 0. The van der Waals surface area contributed by atoms with Crippen molar-refractivity contribution in [3.05, 3.63) is 35.4 Å². The SMILES string of the molecule is CN(Cc1cc(F)ccc1F)[S+]([O-])C(C)(C)C. The molecule has 0 saturated carbocycles. The standard InChI is InChI=1S/C12H17F2NOS/c1-12(2,3)17(16)15(4)8-9-7-10(13)5-6-11(9)14/h5-7H,8H2,1-4H3. The van der Waals surface area contributed by atoms with Gasteiger partial charge in [0.25, 0.3) is 0 Å². The zero-order chi connectivity index (χ0) is 13.2. The van der Waals surface area contributed by atoms with Crippen LogP contribution in [0.1, 0.15) is 26.3 Å². The van der Waals surface area contributed by atoms with Crippen LogP contribution in [-0.4, -0.2) is 20.7 Å². The Morgan fingerprint density at radius 1 is 1.29 bits per heavy atom. The van der Waals surface area contributed by atoms with Gasteiger partial charge in [-0.3, -0.25) is 0 Å². The lowest BCUT2D eigenvalue weighted by molar-refractivity contribution is 0.432. The van der Waals surface area contributed by atoms with Crippen molar-refractivity contribution in [3.8, 4) is 0 Å². The topological polar surface area (TPSA) is 26.3 Å². The predicted molar refractivity (Wildman–Crippen MR) is 65.7 cm³/mol. The van der Waals surface area contributed by atoms with Gasteiger partial charge in [0.05, 0.1) is 6.54 Å². The van der Waals surface area contributed by atoms with Gasteiger partial charge in [0.15, 0.2) is 0 Å². The molecule has 0 heterocycles. The maximum Gasteiger partial charge on any atom is 0.137 e. The minimum atomic E-state index is -1.25. The first kappa shape index (κ1) is 14.4. The Bertz CT molecular complexity index is 393. The van der Waals surface area contributed by atoms with Crippen molar-refractivity contribution in [2.75, 3.05) is 7.05 Å². The van der Waals surface area contributed by atoms with Crippen LogP contribution in [0.15, 0.2) is 18.2 Å². The van der Waals surface area contributed by atoms with Crippen LogP contribution in [0.3, 0.4) is 0 Å². The Kier molecular flexibility index (Phi) is 4.52. The average Bonchev–Trinajstić information content (AvgIpc) is 2.21. The molecule has 96 valence electrons. The van der Waals surface area contributed by atoms with Gasteiger partial charge in [-0.05, 0) is 39.0 Å². The fourth-order valence-electron chi connectivity index (χ4n) is 1.43. The molecule has 0 aromatic heterocycles. The predicted octanol–water partition coefficient (Wildman–Crippen LogP) is 2.86. The van der Waals surface area contributed by atoms with Gasteiger partial charge in [-0.25, -0.2) is 8.78 Å². The summed E-state index contributed by atoms with van der Waals surface area (Å²) in [6.45, 7) is 5.62. The number of benzene rings is 1. The molecule has 1 atom stereocenters. The number of nitrogens with zero attached hydrogens (tertiary/aromatic N) is 1. The fourth-order valence-corrected chi connectivity index (χ4v) is 2.62. The van der Waals surface area contributed by atoms with E-state index in [-0.39, 0.29) is 12.1 Å². The van der Waals surface area contributed by atoms with E-state index in [4.69, 9.17) is 0 Å². The van der Waals surface area contributed by atoms with Gasteiger partial charge < -0.3 is 4.55 Å². The fraction of sp³-hybridized carbons (Fsp3) is 0.500. The van der Waals surface area contributed by atoms with E-state index < -0.39 is 27.7 Å². The average molecular weight is 261 g/mol. The lowest BCUT2D eigenvalue weighted by Crippen LogP contribution is -2.40. The summed E-state index contributed by atoms with van der Waals surface area (Å²) in [6.07, 6.45) is 0. The molecule has 0 aliphatic rings. The lowest BCUT2D eigenvalue weighted by Gasteiger charge is -2.30. The van der Waals surface area contributed by atoms with Crippen molar-refractivity contribution < 1.29 is 13.3 Å². The Labute approximate surface area is 104 Å². The van der Waals surface area contributed by atoms with Crippen molar-refractivity contribution >= 4 is 11.4 Å². The molecule has 0 radical (unpaired) electrons. The number of halogens is 2. The third-order valence-corrected chi connectivity index (χ3v) is 3.95. The monoisotopic (exact) mass is 261 g/mol. The molecule has 0 spiro atoms. The third kappa shape index (κ3) is 3.94. The summed E-state index contributed by atoms with van der Waals surface area (Å²) < 4.78 is 39.4. The molecule has 17 heavy (non-hydrogen) atoms. The van der Waals surface area contributed by atoms with Crippen LogP contribution in [0, 0.1) is 11.6 Å². The van der Waals surface area contributed by atoms with Crippen LogP contribution in [0.5, 0.6) is 0 Å². The first-order valence-electron chi connectivity index (χ1n) is 5.29. The molecule has 1 rings (SSSR count). The van der Waals surface area contributed by atoms with Gasteiger partial charge in [-0.2, -0.15) is 0 Å². The molecule has 0 aliphatic heterocycles.